The van der Waals surface area contributed by atoms with Gasteiger partial charge in [-0.1, -0.05) is 27.7 Å². The van der Waals surface area contributed by atoms with Gasteiger partial charge < -0.3 is 5.11 Å². The number of aliphatic carboxylic acids is 1. The first-order chi connectivity index (χ1) is 6.85. The zero-order chi connectivity index (χ0) is 12.1. The molecule has 0 aromatic rings. The zero-order valence-electron chi connectivity index (χ0n) is 10.7. The lowest BCUT2D eigenvalue weighted by atomic mass is 9.86. The van der Waals surface area contributed by atoms with Crippen molar-refractivity contribution < 1.29 is 9.90 Å². The van der Waals surface area contributed by atoms with Gasteiger partial charge >= 0.3 is 5.97 Å². The fourth-order valence-electron chi connectivity index (χ4n) is 2.51. The molecule has 0 aliphatic heterocycles. The van der Waals surface area contributed by atoms with E-state index in [0.717, 1.165) is 19.5 Å². The molecule has 0 aliphatic rings. The summed E-state index contributed by atoms with van der Waals surface area (Å²) < 4.78 is 0. The van der Waals surface area contributed by atoms with Crippen LogP contribution in [0.25, 0.3) is 0 Å². The van der Waals surface area contributed by atoms with Gasteiger partial charge in [-0.3, -0.25) is 9.69 Å². The molecule has 0 aromatic heterocycles. The molecule has 1 unspecified atom stereocenters. The van der Waals surface area contributed by atoms with Crippen LogP contribution in [0.4, 0.5) is 0 Å². The van der Waals surface area contributed by atoms with E-state index < -0.39 is 5.97 Å². The SMILES string of the molecule is CCN(CC)C(C)(CC(=O)O)CC(C)C. The molecule has 0 saturated heterocycles. The summed E-state index contributed by atoms with van der Waals surface area (Å²) in [7, 11) is 0. The van der Waals surface area contributed by atoms with Crippen molar-refractivity contribution in [3.05, 3.63) is 0 Å². The molecule has 1 atom stereocenters. The van der Waals surface area contributed by atoms with Gasteiger partial charge in [-0.15, -0.1) is 0 Å². The van der Waals surface area contributed by atoms with E-state index in [2.05, 4.69) is 39.5 Å². The first-order valence-corrected chi connectivity index (χ1v) is 5.82. The smallest absolute Gasteiger partial charge is 0.305 e. The number of hydrogen-bond acceptors (Lipinski definition) is 2. The van der Waals surface area contributed by atoms with Crippen LogP contribution >= 0.6 is 0 Å². The van der Waals surface area contributed by atoms with Crippen molar-refractivity contribution in [2.45, 2.75) is 53.0 Å². The summed E-state index contributed by atoms with van der Waals surface area (Å²) in [5.74, 6) is -0.181. The lowest BCUT2D eigenvalue weighted by Gasteiger charge is -2.40. The van der Waals surface area contributed by atoms with Crippen LogP contribution < -0.4 is 0 Å². The van der Waals surface area contributed by atoms with E-state index in [-0.39, 0.29) is 12.0 Å². The second-order valence-corrected chi connectivity index (χ2v) is 4.84. The zero-order valence-corrected chi connectivity index (χ0v) is 10.7. The Morgan fingerprint density at radius 3 is 2.07 bits per heavy atom. The normalized spacial score (nSPS) is 15.7. The van der Waals surface area contributed by atoms with Gasteiger partial charge in [-0.05, 0) is 32.4 Å². The molecule has 3 heteroatoms. The number of carbonyl (C=O) groups is 1. The van der Waals surface area contributed by atoms with Crippen LogP contribution in [0.2, 0.25) is 0 Å². The summed E-state index contributed by atoms with van der Waals surface area (Å²) in [6, 6.07) is 0. The molecule has 1 N–H and O–H groups in total. The van der Waals surface area contributed by atoms with Crippen LogP contribution in [0.1, 0.15) is 47.5 Å². The van der Waals surface area contributed by atoms with Gasteiger partial charge in [0.25, 0.3) is 0 Å². The van der Waals surface area contributed by atoms with Crippen LogP contribution in [-0.2, 0) is 4.79 Å². The van der Waals surface area contributed by atoms with E-state index in [4.69, 9.17) is 5.11 Å². The first-order valence-electron chi connectivity index (χ1n) is 5.82. The molecule has 0 aromatic carbocycles. The summed E-state index contributed by atoms with van der Waals surface area (Å²) in [4.78, 5) is 13.2. The number of rotatable bonds is 7. The van der Waals surface area contributed by atoms with Crippen LogP contribution in [0, 0.1) is 5.92 Å². The third kappa shape index (κ3) is 4.65. The highest BCUT2D eigenvalue weighted by molar-refractivity contribution is 5.68. The van der Waals surface area contributed by atoms with Crippen molar-refractivity contribution >= 4 is 5.97 Å². The number of carboxylic acid groups (broad SMARTS) is 1. The first kappa shape index (κ1) is 14.4. The van der Waals surface area contributed by atoms with E-state index in [9.17, 15) is 4.79 Å². The van der Waals surface area contributed by atoms with Gasteiger partial charge in [0.2, 0.25) is 0 Å². The van der Waals surface area contributed by atoms with Crippen molar-refractivity contribution in [1.29, 1.82) is 0 Å². The quantitative estimate of drug-likeness (QED) is 0.709. The summed E-state index contributed by atoms with van der Waals surface area (Å²) in [5, 5.41) is 8.98. The van der Waals surface area contributed by atoms with Gasteiger partial charge in [0.05, 0.1) is 6.42 Å². The summed E-state index contributed by atoms with van der Waals surface area (Å²) in [5.41, 5.74) is -0.205. The molecule has 0 rings (SSSR count). The van der Waals surface area contributed by atoms with Gasteiger partial charge in [0.1, 0.15) is 0 Å². The Kier molecular flexibility index (Phi) is 5.88. The minimum absolute atomic E-state index is 0.205. The molecule has 0 heterocycles. The highest BCUT2D eigenvalue weighted by Gasteiger charge is 2.33. The van der Waals surface area contributed by atoms with Crippen LogP contribution in [0.3, 0.4) is 0 Å². The fourth-order valence-corrected chi connectivity index (χ4v) is 2.51. The third-order valence-corrected chi connectivity index (χ3v) is 2.91. The van der Waals surface area contributed by atoms with E-state index >= 15 is 0 Å². The second-order valence-electron chi connectivity index (χ2n) is 4.84. The van der Waals surface area contributed by atoms with Crippen molar-refractivity contribution in [2.24, 2.45) is 5.92 Å². The van der Waals surface area contributed by atoms with E-state index in [1.165, 1.54) is 0 Å². The average molecular weight is 215 g/mol. The Morgan fingerprint density at radius 2 is 1.80 bits per heavy atom. The van der Waals surface area contributed by atoms with Gasteiger partial charge in [-0.2, -0.15) is 0 Å². The highest BCUT2D eigenvalue weighted by Crippen LogP contribution is 2.27. The summed E-state index contributed by atoms with van der Waals surface area (Å²) >= 11 is 0. The van der Waals surface area contributed by atoms with Crippen molar-refractivity contribution in [3.8, 4) is 0 Å². The largest absolute Gasteiger partial charge is 0.481 e. The Hall–Kier alpha value is -0.570. The van der Waals surface area contributed by atoms with Gasteiger partial charge in [-0.25, -0.2) is 0 Å². The van der Waals surface area contributed by atoms with E-state index in [1.807, 2.05) is 0 Å². The minimum atomic E-state index is -0.704. The Balaban J connectivity index is 4.73. The lowest BCUT2D eigenvalue weighted by Crippen LogP contribution is -2.48. The summed E-state index contributed by atoms with van der Waals surface area (Å²) in [6.45, 7) is 12.3. The Labute approximate surface area is 93.5 Å². The fraction of sp³-hybridized carbons (Fsp3) is 0.917. The molecule has 0 fully saturated rings. The molecule has 15 heavy (non-hydrogen) atoms. The van der Waals surface area contributed by atoms with Gasteiger partial charge in [0.15, 0.2) is 0 Å². The second kappa shape index (κ2) is 6.11. The Bertz CT molecular complexity index is 200. The maximum Gasteiger partial charge on any atom is 0.305 e. The molecule has 0 amide bonds. The van der Waals surface area contributed by atoms with E-state index in [0.29, 0.717) is 5.92 Å². The number of hydrogen-bond donors (Lipinski definition) is 1. The van der Waals surface area contributed by atoms with Crippen LogP contribution in [-0.4, -0.2) is 34.6 Å². The number of carboxylic acids is 1. The molecular formula is C12H25NO2. The number of nitrogens with zero attached hydrogens (tertiary/aromatic N) is 1. The van der Waals surface area contributed by atoms with Crippen LogP contribution in [0.15, 0.2) is 0 Å². The molecule has 3 nitrogen and oxygen atoms in total. The highest BCUT2D eigenvalue weighted by atomic mass is 16.4. The topological polar surface area (TPSA) is 40.5 Å². The maximum atomic E-state index is 10.9. The molecule has 0 saturated carbocycles. The van der Waals surface area contributed by atoms with Crippen molar-refractivity contribution in [2.75, 3.05) is 13.1 Å². The summed E-state index contributed by atoms with van der Waals surface area (Å²) in [6.07, 6.45) is 1.16. The van der Waals surface area contributed by atoms with Crippen molar-refractivity contribution in [1.82, 2.24) is 4.90 Å². The predicted octanol–water partition coefficient (Wildman–Crippen LogP) is 2.61. The Morgan fingerprint density at radius 1 is 1.33 bits per heavy atom. The van der Waals surface area contributed by atoms with Gasteiger partial charge in [0, 0.05) is 5.54 Å². The lowest BCUT2D eigenvalue weighted by molar-refractivity contribution is -0.140. The maximum absolute atomic E-state index is 10.9. The minimum Gasteiger partial charge on any atom is -0.481 e. The monoisotopic (exact) mass is 215 g/mol. The standard InChI is InChI=1S/C12H25NO2/c1-6-13(7-2)12(5,8-10(3)4)9-11(14)15/h10H,6-9H2,1-5H3,(H,14,15). The molecule has 90 valence electrons. The third-order valence-electron chi connectivity index (χ3n) is 2.91. The average Bonchev–Trinajstić information content (AvgIpc) is 2.01. The molecule has 0 spiro atoms. The molecule has 0 aliphatic carbocycles. The molecule has 0 bridgehead atoms. The van der Waals surface area contributed by atoms with E-state index in [1.54, 1.807) is 0 Å². The van der Waals surface area contributed by atoms with Crippen molar-refractivity contribution in [3.63, 3.8) is 0 Å². The molecule has 0 radical (unpaired) electrons. The van der Waals surface area contributed by atoms with Crippen LogP contribution in [0.5, 0.6) is 0 Å². The predicted molar refractivity (Wildman–Crippen MR) is 63.0 cm³/mol. The molecular weight excluding hydrogens is 190 g/mol.